The van der Waals surface area contributed by atoms with Crippen LogP contribution in [-0.2, 0) is 10.9 Å². The van der Waals surface area contributed by atoms with Gasteiger partial charge in [0.15, 0.2) is 0 Å². The number of aromatic nitrogens is 2. The van der Waals surface area contributed by atoms with Gasteiger partial charge in [0.05, 0.1) is 11.6 Å². The largest absolute Gasteiger partial charge is 0.416 e. The van der Waals surface area contributed by atoms with E-state index in [1.807, 2.05) is 24.6 Å². The van der Waals surface area contributed by atoms with Crippen LogP contribution >= 0.6 is 0 Å². The third-order valence-electron chi connectivity index (χ3n) is 4.80. The number of hydrogen-bond acceptors (Lipinski definition) is 2. The van der Waals surface area contributed by atoms with Gasteiger partial charge in [-0.2, -0.15) is 13.2 Å². The maximum atomic E-state index is 13.2. The first-order valence-electron chi connectivity index (χ1n) is 8.16. The van der Waals surface area contributed by atoms with E-state index in [-0.39, 0.29) is 12.0 Å². The van der Waals surface area contributed by atoms with Gasteiger partial charge in [0.1, 0.15) is 5.82 Å². The van der Waals surface area contributed by atoms with Crippen LogP contribution in [0.1, 0.15) is 54.2 Å². The lowest BCUT2D eigenvalue weighted by molar-refractivity contribution is -0.137. The zero-order chi connectivity index (χ0) is 17.3. The average Bonchev–Trinajstić information content (AvgIpc) is 2.99. The number of alkyl halides is 3. The number of halogens is 3. The molecule has 2 heterocycles. The third kappa shape index (κ3) is 3.34. The molecule has 1 aromatic heterocycles. The molecule has 0 saturated carbocycles. The second-order valence-electron chi connectivity index (χ2n) is 6.29. The standard InChI is InChI=1S/C18H21F3N2O/c1-12(23-8-7-22-13(23)2)17-11-15(18(19,20)21)3-4-16(17)14-5-9-24-10-6-14/h3-4,7-8,11-12,14H,5-6,9-10H2,1-2H3/t12-/m1/s1. The van der Waals surface area contributed by atoms with E-state index in [1.54, 1.807) is 12.3 Å². The van der Waals surface area contributed by atoms with E-state index >= 15 is 0 Å². The molecule has 0 radical (unpaired) electrons. The molecule has 0 N–H and O–H groups in total. The van der Waals surface area contributed by atoms with Crippen LogP contribution in [0, 0.1) is 6.92 Å². The van der Waals surface area contributed by atoms with Crippen LogP contribution in [0.2, 0.25) is 0 Å². The van der Waals surface area contributed by atoms with Crippen molar-refractivity contribution in [2.75, 3.05) is 13.2 Å². The fourth-order valence-corrected chi connectivity index (χ4v) is 3.44. The molecule has 0 spiro atoms. The summed E-state index contributed by atoms with van der Waals surface area (Å²) >= 11 is 0. The van der Waals surface area contributed by atoms with Crippen molar-refractivity contribution in [3.8, 4) is 0 Å². The van der Waals surface area contributed by atoms with Crippen molar-refractivity contribution in [2.24, 2.45) is 0 Å². The molecule has 6 heteroatoms. The van der Waals surface area contributed by atoms with Gasteiger partial charge in [-0.25, -0.2) is 4.98 Å². The van der Waals surface area contributed by atoms with Crippen molar-refractivity contribution in [3.05, 3.63) is 53.1 Å². The Balaban J connectivity index is 2.06. The quantitative estimate of drug-likeness (QED) is 0.810. The van der Waals surface area contributed by atoms with Gasteiger partial charge in [0.25, 0.3) is 0 Å². The highest BCUT2D eigenvalue weighted by molar-refractivity contribution is 5.38. The molecule has 0 amide bonds. The minimum atomic E-state index is -4.34. The van der Waals surface area contributed by atoms with Crippen LogP contribution in [0.15, 0.2) is 30.6 Å². The molecule has 2 aromatic rings. The van der Waals surface area contributed by atoms with Crippen molar-refractivity contribution >= 4 is 0 Å². The predicted molar refractivity (Wildman–Crippen MR) is 85.0 cm³/mol. The Morgan fingerprint density at radius 3 is 2.54 bits per heavy atom. The van der Waals surface area contributed by atoms with Crippen LogP contribution in [0.3, 0.4) is 0 Å². The highest BCUT2D eigenvalue weighted by atomic mass is 19.4. The molecule has 0 bridgehead atoms. The summed E-state index contributed by atoms with van der Waals surface area (Å²) in [6.45, 7) is 5.10. The molecule has 24 heavy (non-hydrogen) atoms. The summed E-state index contributed by atoms with van der Waals surface area (Å²) < 4.78 is 46.9. The second-order valence-corrected chi connectivity index (χ2v) is 6.29. The van der Waals surface area contributed by atoms with E-state index in [0.29, 0.717) is 13.2 Å². The van der Waals surface area contributed by atoms with Crippen molar-refractivity contribution < 1.29 is 17.9 Å². The lowest BCUT2D eigenvalue weighted by atomic mass is 9.85. The summed E-state index contributed by atoms with van der Waals surface area (Å²) in [7, 11) is 0. The summed E-state index contributed by atoms with van der Waals surface area (Å²) in [5.41, 5.74) is 1.11. The van der Waals surface area contributed by atoms with Crippen molar-refractivity contribution in [3.63, 3.8) is 0 Å². The Hall–Kier alpha value is -1.82. The predicted octanol–water partition coefficient (Wildman–Crippen LogP) is 4.71. The molecular formula is C18H21F3N2O. The van der Waals surface area contributed by atoms with E-state index in [1.165, 1.54) is 12.1 Å². The Morgan fingerprint density at radius 1 is 1.25 bits per heavy atom. The Labute approximate surface area is 139 Å². The van der Waals surface area contributed by atoms with E-state index in [9.17, 15) is 13.2 Å². The minimum absolute atomic E-state index is 0.201. The molecular weight excluding hydrogens is 317 g/mol. The molecule has 130 valence electrons. The molecule has 3 nitrogen and oxygen atoms in total. The first-order valence-corrected chi connectivity index (χ1v) is 8.16. The van der Waals surface area contributed by atoms with Gasteiger partial charge in [-0.05, 0) is 55.9 Å². The van der Waals surface area contributed by atoms with E-state index < -0.39 is 11.7 Å². The first kappa shape index (κ1) is 17.0. The molecule has 1 aliphatic rings. The maximum absolute atomic E-state index is 13.2. The SMILES string of the molecule is Cc1nccn1[C@H](C)c1cc(C(F)(F)F)ccc1C1CCOCC1. The Kier molecular flexibility index (Phi) is 4.67. The number of aryl methyl sites for hydroxylation is 1. The Morgan fingerprint density at radius 2 is 1.96 bits per heavy atom. The topological polar surface area (TPSA) is 27.1 Å². The summed E-state index contributed by atoms with van der Waals surface area (Å²) in [4.78, 5) is 4.20. The number of nitrogens with zero attached hydrogens (tertiary/aromatic N) is 2. The first-order chi connectivity index (χ1) is 11.4. The number of benzene rings is 1. The van der Waals surface area contributed by atoms with Crippen LogP contribution in [0.5, 0.6) is 0 Å². The molecule has 1 fully saturated rings. The van der Waals surface area contributed by atoms with E-state index in [4.69, 9.17) is 4.74 Å². The molecule has 1 aromatic carbocycles. The van der Waals surface area contributed by atoms with Gasteiger partial charge < -0.3 is 9.30 Å². The number of imidazole rings is 1. The maximum Gasteiger partial charge on any atom is 0.416 e. The lowest BCUT2D eigenvalue weighted by Gasteiger charge is -2.28. The van der Waals surface area contributed by atoms with Crippen LogP contribution in [0.25, 0.3) is 0 Å². The van der Waals surface area contributed by atoms with Crippen molar-refractivity contribution in [2.45, 2.75) is 44.8 Å². The number of hydrogen-bond donors (Lipinski definition) is 0. The molecule has 3 rings (SSSR count). The Bertz CT molecular complexity index is 703. The average molecular weight is 338 g/mol. The number of ether oxygens (including phenoxy) is 1. The molecule has 1 aliphatic heterocycles. The van der Waals surface area contributed by atoms with Crippen LogP contribution in [-0.4, -0.2) is 22.8 Å². The lowest BCUT2D eigenvalue weighted by Crippen LogP contribution is -2.19. The fraction of sp³-hybridized carbons (Fsp3) is 0.500. The van der Waals surface area contributed by atoms with Crippen LogP contribution in [0.4, 0.5) is 13.2 Å². The highest BCUT2D eigenvalue weighted by Crippen LogP contribution is 2.38. The normalized spacial score (nSPS) is 17.9. The summed E-state index contributed by atoms with van der Waals surface area (Å²) in [5.74, 6) is 1.03. The molecule has 1 atom stereocenters. The second kappa shape index (κ2) is 6.59. The van der Waals surface area contributed by atoms with Crippen molar-refractivity contribution in [1.82, 2.24) is 9.55 Å². The van der Waals surface area contributed by atoms with Crippen LogP contribution < -0.4 is 0 Å². The van der Waals surface area contributed by atoms with Gasteiger partial charge in [0, 0.05) is 25.6 Å². The van der Waals surface area contributed by atoms with Gasteiger partial charge in [-0.1, -0.05) is 6.07 Å². The van der Waals surface area contributed by atoms with Gasteiger partial charge in [-0.15, -0.1) is 0 Å². The summed E-state index contributed by atoms with van der Waals surface area (Å²) in [6.07, 6.45) is 0.830. The summed E-state index contributed by atoms with van der Waals surface area (Å²) in [5, 5.41) is 0. The monoisotopic (exact) mass is 338 g/mol. The zero-order valence-corrected chi connectivity index (χ0v) is 13.8. The fourth-order valence-electron chi connectivity index (χ4n) is 3.44. The molecule has 0 aliphatic carbocycles. The van der Waals surface area contributed by atoms with Gasteiger partial charge in [-0.3, -0.25) is 0 Å². The molecule has 1 saturated heterocycles. The van der Waals surface area contributed by atoms with Gasteiger partial charge in [0.2, 0.25) is 0 Å². The van der Waals surface area contributed by atoms with E-state index in [2.05, 4.69) is 4.98 Å². The smallest absolute Gasteiger partial charge is 0.381 e. The third-order valence-corrected chi connectivity index (χ3v) is 4.80. The van der Waals surface area contributed by atoms with E-state index in [0.717, 1.165) is 29.8 Å². The highest BCUT2D eigenvalue weighted by Gasteiger charge is 2.32. The number of rotatable bonds is 3. The van der Waals surface area contributed by atoms with Crippen molar-refractivity contribution in [1.29, 1.82) is 0 Å². The minimum Gasteiger partial charge on any atom is -0.381 e. The zero-order valence-electron chi connectivity index (χ0n) is 13.8. The summed E-state index contributed by atoms with van der Waals surface area (Å²) in [6, 6.07) is 3.95. The van der Waals surface area contributed by atoms with Gasteiger partial charge >= 0.3 is 6.18 Å². The molecule has 0 unspecified atom stereocenters.